The van der Waals surface area contributed by atoms with Gasteiger partial charge in [-0.3, -0.25) is 0 Å². The summed E-state index contributed by atoms with van der Waals surface area (Å²) in [5.74, 6) is -1.09. The lowest BCUT2D eigenvalue weighted by Gasteiger charge is -2.11. The largest absolute Gasteiger partial charge is 0.476 e. The molecule has 25 heavy (non-hydrogen) atoms. The van der Waals surface area contributed by atoms with Crippen LogP contribution in [0.25, 0.3) is 16.9 Å². The van der Waals surface area contributed by atoms with E-state index in [9.17, 15) is 9.90 Å². The van der Waals surface area contributed by atoms with Gasteiger partial charge in [-0.1, -0.05) is 51.3 Å². The number of nitrogens with zero attached hydrogens (tertiary/aromatic N) is 2. The summed E-state index contributed by atoms with van der Waals surface area (Å²) in [5.41, 5.74) is 2.62. The average molecular weight is 463 g/mol. The Morgan fingerprint density at radius 3 is 2.36 bits per heavy atom. The van der Waals surface area contributed by atoms with Gasteiger partial charge in [0.2, 0.25) is 0 Å². The maximum Gasteiger partial charge on any atom is 0.356 e. The molecule has 3 aromatic rings. The van der Waals surface area contributed by atoms with E-state index >= 15 is 0 Å². The smallest absolute Gasteiger partial charge is 0.356 e. The van der Waals surface area contributed by atoms with Gasteiger partial charge in [-0.15, -0.1) is 12.4 Å². The second-order valence-corrected chi connectivity index (χ2v) is 6.90. The van der Waals surface area contributed by atoms with Crippen molar-refractivity contribution < 1.29 is 9.90 Å². The van der Waals surface area contributed by atoms with Crippen LogP contribution in [0.4, 0.5) is 0 Å². The molecule has 1 aromatic heterocycles. The van der Waals surface area contributed by atoms with Crippen molar-refractivity contribution in [2.24, 2.45) is 0 Å². The van der Waals surface area contributed by atoms with Gasteiger partial charge in [0.25, 0.3) is 0 Å². The first-order valence-electron chi connectivity index (χ1n) is 6.92. The number of aromatic nitrogens is 2. The minimum absolute atomic E-state index is 0. The zero-order valence-corrected chi connectivity index (χ0v) is 16.7. The molecule has 2 aromatic carbocycles. The average Bonchev–Trinajstić information content (AvgIpc) is 2.86. The third-order valence-corrected chi connectivity index (χ3v) is 4.65. The summed E-state index contributed by atoms with van der Waals surface area (Å²) < 4.78 is 2.47. The second-order valence-electron chi connectivity index (χ2n) is 5.14. The zero-order chi connectivity index (χ0) is 17.4. The number of benzene rings is 2. The van der Waals surface area contributed by atoms with Crippen molar-refractivity contribution in [1.29, 1.82) is 0 Å². The van der Waals surface area contributed by atoms with E-state index in [2.05, 4.69) is 21.0 Å². The molecule has 1 heterocycles. The molecule has 0 aliphatic heterocycles. The minimum atomic E-state index is -1.09. The number of halogens is 4. The molecule has 0 unspecified atom stereocenters. The van der Waals surface area contributed by atoms with Crippen LogP contribution in [0.15, 0.2) is 46.9 Å². The van der Waals surface area contributed by atoms with E-state index in [4.69, 9.17) is 23.2 Å². The van der Waals surface area contributed by atoms with Gasteiger partial charge in [0.05, 0.1) is 16.4 Å². The Kier molecular flexibility index (Phi) is 6.16. The molecular formula is C17H12BrCl3N2O2. The molecule has 0 saturated heterocycles. The van der Waals surface area contributed by atoms with Crippen LogP contribution >= 0.6 is 51.5 Å². The van der Waals surface area contributed by atoms with Crippen LogP contribution in [-0.2, 0) is 0 Å². The summed E-state index contributed by atoms with van der Waals surface area (Å²) in [5, 5.41) is 14.5. The van der Waals surface area contributed by atoms with Gasteiger partial charge in [0.15, 0.2) is 5.69 Å². The highest BCUT2D eigenvalue weighted by Gasteiger charge is 2.22. The van der Waals surface area contributed by atoms with Gasteiger partial charge < -0.3 is 5.11 Å². The summed E-state index contributed by atoms with van der Waals surface area (Å²) in [4.78, 5) is 11.5. The fraction of sp³-hybridized carbons (Fsp3) is 0.0588. The SMILES string of the molecule is Cc1c(C(=O)O)nn(-c2ccc(Cl)cc2Cl)c1-c1ccc(Br)cc1.Cl. The normalized spacial score (nSPS) is 10.4. The highest BCUT2D eigenvalue weighted by atomic mass is 79.9. The predicted molar refractivity (Wildman–Crippen MR) is 106 cm³/mol. The lowest BCUT2D eigenvalue weighted by atomic mass is 10.1. The second kappa shape index (κ2) is 7.79. The standard InChI is InChI=1S/C17H11BrCl2N2O2.ClH/c1-9-15(17(23)24)21-22(14-7-6-12(19)8-13(14)20)16(9)10-2-4-11(18)5-3-10;/h2-8H,1H3,(H,23,24);1H. The van der Waals surface area contributed by atoms with E-state index in [1.165, 1.54) is 0 Å². The number of rotatable bonds is 3. The van der Waals surface area contributed by atoms with Crippen molar-refractivity contribution in [3.05, 3.63) is 68.2 Å². The van der Waals surface area contributed by atoms with Crippen LogP contribution < -0.4 is 0 Å². The summed E-state index contributed by atoms with van der Waals surface area (Å²) in [6.45, 7) is 1.73. The highest BCUT2D eigenvalue weighted by molar-refractivity contribution is 9.10. The molecule has 0 amide bonds. The highest BCUT2D eigenvalue weighted by Crippen LogP contribution is 2.33. The van der Waals surface area contributed by atoms with E-state index in [0.29, 0.717) is 27.0 Å². The Hall–Kier alpha value is -1.53. The van der Waals surface area contributed by atoms with Gasteiger partial charge >= 0.3 is 5.97 Å². The number of carbonyl (C=O) groups is 1. The Bertz CT molecular complexity index is 940. The maximum absolute atomic E-state index is 11.5. The van der Waals surface area contributed by atoms with Crippen molar-refractivity contribution in [3.8, 4) is 16.9 Å². The topological polar surface area (TPSA) is 55.1 Å². The van der Waals surface area contributed by atoms with Crippen LogP contribution in [0.2, 0.25) is 10.0 Å². The Labute approximate surface area is 168 Å². The lowest BCUT2D eigenvalue weighted by molar-refractivity contribution is 0.0689. The molecule has 0 aliphatic rings. The number of hydrogen-bond acceptors (Lipinski definition) is 2. The van der Waals surface area contributed by atoms with E-state index in [1.54, 1.807) is 29.8 Å². The van der Waals surface area contributed by atoms with Crippen LogP contribution in [0.1, 0.15) is 16.1 Å². The van der Waals surface area contributed by atoms with E-state index in [0.717, 1.165) is 10.0 Å². The van der Waals surface area contributed by atoms with Gasteiger partial charge in [0.1, 0.15) is 0 Å². The molecule has 0 aliphatic carbocycles. The number of carboxylic acid groups (broad SMARTS) is 1. The fourth-order valence-corrected chi connectivity index (χ4v) is 3.23. The molecule has 8 heteroatoms. The van der Waals surface area contributed by atoms with Crippen LogP contribution in [-0.4, -0.2) is 20.9 Å². The fourth-order valence-electron chi connectivity index (χ4n) is 2.47. The van der Waals surface area contributed by atoms with Crippen molar-refractivity contribution >= 4 is 57.5 Å². The molecule has 0 fully saturated rings. The molecular weight excluding hydrogens is 450 g/mol. The molecule has 3 rings (SSSR count). The van der Waals surface area contributed by atoms with E-state index < -0.39 is 5.97 Å². The van der Waals surface area contributed by atoms with Crippen LogP contribution in [0.5, 0.6) is 0 Å². The van der Waals surface area contributed by atoms with E-state index in [1.807, 2.05) is 24.3 Å². The lowest BCUT2D eigenvalue weighted by Crippen LogP contribution is -2.03. The minimum Gasteiger partial charge on any atom is -0.476 e. The molecule has 0 atom stereocenters. The Morgan fingerprint density at radius 1 is 1.16 bits per heavy atom. The molecule has 0 spiro atoms. The Morgan fingerprint density at radius 2 is 1.80 bits per heavy atom. The van der Waals surface area contributed by atoms with Gasteiger partial charge in [-0.2, -0.15) is 5.10 Å². The van der Waals surface area contributed by atoms with Gasteiger partial charge in [-0.25, -0.2) is 9.48 Å². The van der Waals surface area contributed by atoms with Crippen molar-refractivity contribution in [2.75, 3.05) is 0 Å². The molecule has 4 nitrogen and oxygen atoms in total. The number of aromatic carboxylic acids is 1. The van der Waals surface area contributed by atoms with Crippen molar-refractivity contribution in [1.82, 2.24) is 9.78 Å². The molecule has 130 valence electrons. The summed E-state index contributed by atoms with van der Waals surface area (Å²) in [6, 6.07) is 12.5. The number of carboxylic acids is 1. The maximum atomic E-state index is 11.5. The van der Waals surface area contributed by atoms with Crippen molar-refractivity contribution in [3.63, 3.8) is 0 Å². The number of hydrogen-bond donors (Lipinski definition) is 1. The third-order valence-electron chi connectivity index (χ3n) is 3.58. The van der Waals surface area contributed by atoms with Crippen LogP contribution in [0.3, 0.4) is 0 Å². The molecule has 0 radical (unpaired) electrons. The first-order chi connectivity index (χ1) is 11.4. The first-order valence-corrected chi connectivity index (χ1v) is 8.47. The van der Waals surface area contributed by atoms with E-state index in [-0.39, 0.29) is 18.1 Å². The predicted octanol–water partition coefficient (Wildman–Crippen LogP) is 6.04. The molecule has 1 N–H and O–H groups in total. The summed E-state index contributed by atoms with van der Waals surface area (Å²) >= 11 is 15.6. The van der Waals surface area contributed by atoms with Crippen molar-refractivity contribution in [2.45, 2.75) is 6.92 Å². The molecule has 0 bridgehead atoms. The summed E-state index contributed by atoms with van der Waals surface area (Å²) in [6.07, 6.45) is 0. The first kappa shape index (κ1) is 19.8. The third kappa shape index (κ3) is 3.85. The Balaban J connectivity index is 0.00000225. The summed E-state index contributed by atoms with van der Waals surface area (Å²) in [7, 11) is 0. The van der Waals surface area contributed by atoms with Gasteiger partial charge in [0, 0.05) is 20.6 Å². The molecule has 0 saturated carbocycles. The van der Waals surface area contributed by atoms with Crippen LogP contribution in [0, 0.1) is 6.92 Å². The monoisotopic (exact) mass is 460 g/mol. The van der Waals surface area contributed by atoms with Gasteiger partial charge in [-0.05, 0) is 37.3 Å². The quantitative estimate of drug-likeness (QED) is 0.517. The zero-order valence-electron chi connectivity index (χ0n) is 12.8.